The van der Waals surface area contributed by atoms with Crippen LogP contribution in [-0.2, 0) is 13.2 Å². The summed E-state index contributed by atoms with van der Waals surface area (Å²) in [6.45, 7) is 3.74. The van der Waals surface area contributed by atoms with Gasteiger partial charge < -0.3 is 25.0 Å². The van der Waals surface area contributed by atoms with Gasteiger partial charge in [0.25, 0.3) is 0 Å². The minimum absolute atomic E-state index is 0.304. The number of hydrogen-bond acceptors (Lipinski definition) is 4. The molecule has 0 radical (unpaired) electrons. The summed E-state index contributed by atoms with van der Waals surface area (Å²) in [5.74, 6) is 1.30. The summed E-state index contributed by atoms with van der Waals surface area (Å²) in [7, 11) is 3.44. The van der Waals surface area contributed by atoms with Gasteiger partial charge >= 0.3 is 0 Å². The maximum Gasteiger partial charge on any atom is 0.194 e. The molecule has 150 valence electrons. The van der Waals surface area contributed by atoms with E-state index in [1.54, 1.807) is 26.3 Å². The number of aliphatic hydroxyl groups is 1. The van der Waals surface area contributed by atoms with Crippen molar-refractivity contribution in [1.82, 2.24) is 10.2 Å². The molecule has 1 aliphatic rings. The molecule has 0 unspecified atom stereocenters. The molecule has 0 bridgehead atoms. The van der Waals surface area contributed by atoms with Crippen molar-refractivity contribution >= 4 is 11.6 Å². The van der Waals surface area contributed by atoms with Crippen LogP contribution in [0.25, 0.3) is 0 Å². The maximum atomic E-state index is 13.5. The predicted molar refractivity (Wildman–Crippen MR) is 109 cm³/mol. The number of methoxy groups -OCH3 is 1. The van der Waals surface area contributed by atoms with Crippen molar-refractivity contribution < 1.29 is 14.2 Å². The zero-order chi connectivity index (χ0) is 19.9. The van der Waals surface area contributed by atoms with E-state index in [-0.39, 0.29) is 12.4 Å². The van der Waals surface area contributed by atoms with E-state index in [4.69, 9.17) is 4.74 Å². The van der Waals surface area contributed by atoms with Crippen molar-refractivity contribution in [1.29, 1.82) is 0 Å². The molecule has 3 rings (SSSR count). The number of hydrogen-bond donors (Lipinski definition) is 2. The van der Waals surface area contributed by atoms with E-state index < -0.39 is 0 Å². The minimum atomic E-state index is -0.384. The monoisotopic (exact) mass is 386 g/mol. The van der Waals surface area contributed by atoms with E-state index in [1.807, 2.05) is 12.1 Å². The summed E-state index contributed by atoms with van der Waals surface area (Å²) in [4.78, 5) is 8.94. The lowest BCUT2D eigenvalue weighted by Crippen LogP contribution is -2.52. The molecule has 28 heavy (non-hydrogen) atoms. The van der Waals surface area contributed by atoms with Crippen molar-refractivity contribution in [3.63, 3.8) is 0 Å². The summed E-state index contributed by atoms with van der Waals surface area (Å²) >= 11 is 0. The van der Waals surface area contributed by atoms with Crippen molar-refractivity contribution in [2.45, 2.75) is 13.2 Å². The number of aliphatic hydroxyl groups excluding tert-OH is 1. The zero-order valence-corrected chi connectivity index (χ0v) is 16.4. The highest BCUT2D eigenvalue weighted by Crippen LogP contribution is 2.20. The molecule has 2 aromatic rings. The van der Waals surface area contributed by atoms with Gasteiger partial charge in [-0.25, -0.2) is 4.39 Å². The summed E-state index contributed by atoms with van der Waals surface area (Å²) in [5.41, 5.74) is 2.40. The van der Waals surface area contributed by atoms with Gasteiger partial charge in [-0.15, -0.1) is 0 Å². The Hall–Kier alpha value is -2.80. The highest BCUT2D eigenvalue weighted by molar-refractivity contribution is 5.80. The Kier molecular flexibility index (Phi) is 6.71. The van der Waals surface area contributed by atoms with Gasteiger partial charge in [-0.1, -0.05) is 6.07 Å². The second-order valence-electron chi connectivity index (χ2n) is 6.66. The largest absolute Gasteiger partial charge is 0.497 e. The van der Waals surface area contributed by atoms with Crippen LogP contribution in [0.3, 0.4) is 0 Å². The first-order valence-electron chi connectivity index (χ1n) is 9.37. The number of guanidine groups is 1. The van der Waals surface area contributed by atoms with Crippen LogP contribution in [0.2, 0.25) is 0 Å². The molecule has 1 heterocycles. The normalized spacial score (nSPS) is 14.9. The van der Waals surface area contributed by atoms with E-state index in [1.165, 1.54) is 11.8 Å². The first kappa shape index (κ1) is 19.9. The highest BCUT2D eigenvalue weighted by atomic mass is 19.1. The van der Waals surface area contributed by atoms with Crippen LogP contribution in [0.15, 0.2) is 47.5 Å². The molecule has 0 aromatic heterocycles. The van der Waals surface area contributed by atoms with Gasteiger partial charge in [-0.05, 0) is 42.0 Å². The number of halogens is 1. The molecule has 0 amide bonds. The second kappa shape index (κ2) is 9.41. The van der Waals surface area contributed by atoms with Gasteiger partial charge in [0, 0.05) is 51.0 Å². The third-order valence-electron chi connectivity index (χ3n) is 4.96. The molecule has 0 aliphatic carbocycles. The number of nitrogens with zero attached hydrogens (tertiary/aromatic N) is 3. The topological polar surface area (TPSA) is 60.3 Å². The number of anilines is 1. The van der Waals surface area contributed by atoms with E-state index in [9.17, 15) is 9.50 Å². The first-order chi connectivity index (χ1) is 13.6. The van der Waals surface area contributed by atoms with Gasteiger partial charge in [-0.2, -0.15) is 0 Å². The van der Waals surface area contributed by atoms with Crippen molar-refractivity contribution in [3.8, 4) is 5.75 Å². The third kappa shape index (κ3) is 4.72. The Morgan fingerprint density at radius 1 is 1.14 bits per heavy atom. The molecule has 2 aromatic carbocycles. The van der Waals surface area contributed by atoms with Crippen LogP contribution in [0.5, 0.6) is 5.75 Å². The number of benzene rings is 2. The van der Waals surface area contributed by atoms with E-state index in [2.05, 4.69) is 32.2 Å². The molecule has 0 atom stereocenters. The molecule has 1 fully saturated rings. The van der Waals surface area contributed by atoms with Crippen LogP contribution < -0.4 is 15.0 Å². The third-order valence-corrected chi connectivity index (χ3v) is 4.96. The summed E-state index contributed by atoms with van der Waals surface area (Å²) < 4.78 is 18.7. The number of rotatable bonds is 5. The zero-order valence-electron chi connectivity index (χ0n) is 16.4. The quantitative estimate of drug-likeness (QED) is 0.610. The number of aliphatic imine (C=N–C) groups is 1. The summed E-state index contributed by atoms with van der Waals surface area (Å²) in [5, 5.41) is 12.5. The summed E-state index contributed by atoms with van der Waals surface area (Å²) in [6.07, 6.45) is 0. The fourth-order valence-electron chi connectivity index (χ4n) is 3.34. The lowest BCUT2D eigenvalue weighted by molar-refractivity contribution is 0.275. The average Bonchev–Trinajstić information content (AvgIpc) is 2.75. The Labute approximate surface area is 165 Å². The van der Waals surface area contributed by atoms with E-state index >= 15 is 0 Å². The van der Waals surface area contributed by atoms with Crippen molar-refractivity contribution in [2.75, 3.05) is 45.2 Å². The molecule has 0 spiro atoms. The Morgan fingerprint density at radius 2 is 1.86 bits per heavy atom. The minimum Gasteiger partial charge on any atom is -0.497 e. The van der Waals surface area contributed by atoms with Gasteiger partial charge in [0.15, 0.2) is 5.96 Å². The maximum absolute atomic E-state index is 13.5. The number of nitrogens with one attached hydrogen (secondary N) is 1. The van der Waals surface area contributed by atoms with Crippen molar-refractivity contribution in [2.24, 2.45) is 4.99 Å². The second-order valence-corrected chi connectivity index (χ2v) is 6.66. The predicted octanol–water partition coefficient (Wildman–Crippen LogP) is 2.22. The lowest BCUT2D eigenvalue weighted by Gasteiger charge is -2.37. The molecule has 7 heteroatoms. The SMILES string of the molecule is CN=C(NCc1ccc(F)c(CO)c1)N1CCN(c2ccc(OC)cc2)CC1. The fraction of sp³-hybridized carbons (Fsp3) is 0.381. The number of ether oxygens (including phenoxy) is 1. The summed E-state index contributed by atoms with van der Waals surface area (Å²) in [6, 6.07) is 12.9. The molecule has 1 saturated heterocycles. The highest BCUT2D eigenvalue weighted by Gasteiger charge is 2.20. The van der Waals surface area contributed by atoms with Crippen LogP contribution in [0.4, 0.5) is 10.1 Å². The first-order valence-corrected chi connectivity index (χ1v) is 9.37. The van der Waals surface area contributed by atoms with Crippen LogP contribution in [-0.4, -0.2) is 56.3 Å². The fourth-order valence-corrected chi connectivity index (χ4v) is 3.34. The number of piperazine rings is 1. The van der Waals surface area contributed by atoms with Crippen molar-refractivity contribution in [3.05, 3.63) is 59.4 Å². The van der Waals surface area contributed by atoms with E-state index in [0.717, 1.165) is 43.5 Å². The molecule has 1 aliphatic heterocycles. The van der Waals surface area contributed by atoms with Gasteiger partial charge in [0.1, 0.15) is 11.6 Å². The Bertz CT molecular complexity index is 803. The lowest BCUT2D eigenvalue weighted by atomic mass is 10.1. The molecular formula is C21H27FN4O2. The molecule has 0 saturated carbocycles. The van der Waals surface area contributed by atoms with E-state index in [0.29, 0.717) is 12.1 Å². The van der Waals surface area contributed by atoms with Crippen LogP contribution in [0.1, 0.15) is 11.1 Å². The van der Waals surface area contributed by atoms with Gasteiger partial charge in [-0.3, -0.25) is 4.99 Å². The average molecular weight is 386 g/mol. The molecule has 2 N–H and O–H groups in total. The van der Waals surface area contributed by atoms with Crippen LogP contribution in [0, 0.1) is 5.82 Å². The molecule has 6 nitrogen and oxygen atoms in total. The smallest absolute Gasteiger partial charge is 0.194 e. The van der Waals surface area contributed by atoms with Crippen LogP contribution >= 0.6 is 0 Å². The standard InChI is InChI=1S/C21H27FN4O2/c1-23-21(24-14-16-3-8-20(22)17(13-16)15-27)26-11-9-25(10-12-26)18-4-6-19(28-2)7-5-18/h3-8,13,27H,9-12,14-15H2,1-2H3,(H,23,24). The molecular weight excluding hydrogens is 359 g/mol. The Balaban J connectivity index is 1.54. The van der Waals surface area contributed by atoms with Gasteiger partial charge in [0.2, 0.25) is 0 Å². The van der Waals surface area contributed by atoms with Gasteiger partial charge in [0.05, 0.1) is 13.7 Å². The Morgan fingerprint density at radius 3 is 2.46 bits per heavy atom.